The third-order valence-electron chi connectivity index (χ3n) is 3.12. The summed E-state index contributed by atoms with van der Waals surface area (Å²) >= 11 is 0. The first-order valence-corrected chi connectivity index (χ1v) is 6.44. The van der Waals surface area contributed by atoms with E-state index in [0.29, 0.717) is 26.3 Å². The average Bonchev–Trinajstić information content (AvgIpc) is 2.32. The SMILES string of the molecule is COCC(O)CN1CCN(CC(O)COC)CC1. The molecule has 2 unspecified atom stereocenters. The Hall–Kier alpha value is -0.240. The summed E-state index contributed by atoms with van der Waals surface area (Å²) in [6.07, 6.45) is -0.832. The lowest BCUT2D eigenvalue weighted by Crippen LogP contribution is -2.51. The molecule has 0 aromatic heterocycles. The second kappa shape index (κ2) is 8.79. The Labute approximate surface area is 109 Å². The fourth-order valence-corrected chi connectivity index (χ4v) is 2.24. The molecule has 6 heteroatoms. The first kappa shape index (κ1) is 15.8. The van der Waals surface area contributed by atoms with Crippen LogP contribution >= 0.6 is 0 Å². The topological polar surface area (TPSA) is 65.4 Å². The van der Waals surface area contributed by atoms with Crippen LogP contribution in [-0.4, -0.2) is 98.9 Å². The van der Waals surface area contributed by atoms with E-state index < -0.39 is 12.2 Å². The van der Waals surface area contributed by atoms with Crippen molar-refractivity contribution in [1.82, 2.24) is 9.80 Å². The number of piperazine rings is 1. The molecule has 1 aliphatic heterocycles. The van der Waals surface area contributed by atoms with Crippen molar-refractivity contribution in [2.45, 2.75) is 12.2 Å². The number of methoxy groups -OCH3 is 2. The fourth-order valence-electron chi connectivity index (χ4n) is 2.24. The predicted molar refractivity (Wildman–Crippen MR) is 68.6 cm³/mol. The largest absolute Gasteiger partial charge is 0.389 e. The molecule has 0 saturated carbocycles. The zero-order chi connectivity index (χ0) is 13.4. The molecule has 1 aliphatic rings. The summed E-state index contributed by atoms with van der Waals surface area (Å²) < 4.78 is 9.82. The van der Waals surface area contributed by atoms with Crippen molar-refractivity contribution >= 4 is 0 Å². The van der Waals surface area contributed by atoms with E-state index in [1.165, 1.54) is 0 Å². The number of rotatable bonds is 8. The van der Waals surface area contributed by atoms with Crippen LogP contribution in [0.1, 0.15) is 0 Å². The van der Waals surface area contributed by atoms with Gasteiger partial charge in [-0.15, -0.1) is 0 Å². The molecule has 1 fully saturated rings. The average molecular weight is 262 g/mol. The summed E-state index contributed by atoms with van der Waals surface area (Å²) in [5, 5.41) is 19.3. The summed E-state index contributed by atoms with van der Waals surface area (Å²) in [4.78, 5) is 4.45. The van der Waals surface area contributed by atoms with Crippen LogP contribution in [-0.2, 0) is 9.47 Å². The lowest BCUT2D eigenvalue weighted by molar-refractivity contribution is 0.00512. The van der Waals surface area contributed by atoms with Crippen LogP contribution in [0.25, 0.3) is 0 Å². The molecule has 0 bridgehead atoms. The quantitative estimate of drug-likeness (QED) is 0.562. The van der Waals surface area contributed by atoms with E-state index in [0.717, 1.165) is 26.2 Å². The summed E-state index contributed by atoms with van der Waals surface area (Å²) in [6, 6.07) is 0. The molecule has 2 N–H and O–H groups in total. The molecule has 0 aromatic rings. The Kier molecular flexibility index (Phi) is 7.73. The van der Waals surface area contributed by atoms with Crippen molar-refractivity contribution in [3.8, 4) is 0 Å². The highest BCUT2D eigenvalue weighted by Crippen LogP contribution is 2.04. The number of hydrogen-bond donors (Lipinski definition) is 2. The van der Waals surface area contributed by atoms with Gasteiger partial charge >= 0.3 is 0 Å². The first-order valence-electron chi connectivity index (χ1n) is 6.44. The minimum atomic E-state index is -0.416. The van der Waals surface area contributed by atoms with Gasteiger partial charge in [0.2, 0.25) is 0 Å². The fraction of sp³-hybridized carbons (Fsp3) is 1.00. The molecule has 0 aliphatic carbocycles. The highest BCUT2D eigenvalue weighted by molar-refractivity contribution is 4.75. The van der Waals surface area contributed by atoms with Gasteiger partial charge in [-0.05, 0) is 0 Å². The molecule has 2 atom stereocenters. The number of ether oxygens (including phenoxy) is 2. The van der Waals surface area contributed by atoms with Gasteiger partial charge in [-0.25, -0.2) is 0 Å². The second-order valence-electron chi connectivity index (χ2n) is 4.82. The van der Waals surface area contributed by atoms with E-state index in [9.17, 15) is 10.2 Å². The number of nitrogens with zero attached hydrogens (tertiary/aromatic N) is 2. The molecule has 1 saturated heterocycles. The maximum Gasteiger partial charge on any atom is 0.0900 e. The van der Waals surface area contributed by atoms with Gasteiger partial charge in [0.15, 0.2) is 0 Å². The molecular formula is C12H26N2O4. The van der Waals surface area contributed by atoms with Crippen LogP contribution < -0.4 is 0 Å². The molecule has 1 rings (SSSR count). The van der Waals surface area contributed by atoms with E-state index in [-0.39, 0.29) is 0 Å². The molecule has 0 aromatic carbocycles. The van der Waals surface area contributed by atoms with Crippen LogP contribution in [0.2, 0.25) is 0 Å². The van der Waals surface area contributed by atoms with Gasteiger partial charge in [0.25, 0.3) is 0 Å². The summed E-state index contributed by atoms with van der Waals surface area (Å²) in [5.41, 5.74) is 0. The van der Waals surface area contributed by atoms with Crippen molar-refractivity contribution in [1.29, 1.82) is 0 Å². The van der Waals surface area contributed by atoms with E-state index in [4.69, 9.17) is 9.47 Å². The normalized spacial score (nSPS) is 22.0. The molecular weight excluding hydrogens is 236 g/mol. The Morgan fingerprint density at radius 2 is 1.17 bits per heavy atom. The van der Waals surface area contributed by atoms with Crippen LogP contribution in [0.4, 0.5) is 0 Å². The first-order chi connectivity index (χ1) is 8.65. The Balaban J connectivity index is 2.16. The third-order valence-corrected chi connectivity index (χ3v) is 3.12. The summed E-state index contributed by atoms with van der Waals surface area (Å²) in [6.45, 7) is 5.74. The molecule has 1 heterocycles. The van der Waals surface area contributed by atoms with E-state index in [2.05, 4.69) is 9.80 Å². The maximum atomic E-state index is 9.65. The second-order valence-corrected chi connectivity index (χ2v) is 4.82. The monoisotopic (exact) mass is 262 g/mol. The van der Waals surface area contributed by atoms with Gasteiger partial charge in [0.05, 0.1) is 25.4 Å². The lowest BCUT2D eigenvalue weighted by atomic mass is 10.2. The lowest BCUT2D eigenvalue weighted by Gasteiger charge is -2.36. The van der Waals surface area contributed by atoms with Gasteiger partial charge < -0.3 is 19.7 Å². The summed E-state index contributed by atoms with van der Waals surface area (Å²) in [7, 11) is 3.19. The third kappa shape index (κ3) is 6.08. The van der Waals surface area contributed by atoms with Crippen LogP contribution in [0, 0.1) is 0 Å². The summed E-state index contributed by atoms with van der Waals surface area (Å²) in [5.74, 6) is 0. The number of hydrogen-bond acceptors (Lipinski definition) is 6. The van der Waals surface area contributed by atoms with Crippen molar-refractivity contribution < 1.29 is 19.7 Å². The zero-order valence-corrected chi connectivity index (χ0v) is 11.4. The van der Waals surface area contributed by atoms with E-state index in [1.807, 2.05) is 0 Å². The number of β-amino-alcohol motifs (C(OH)–C–C–N with tert-alkyl or cyclic N) is 2. The smallest absolute Gasteiger partial charge is 0.0900 e. The van der Waals surface area contributed by atoms with Gasteiger partial charge in [-0.3, -0.25) is 9.80 Å². The van der Waals surface area contributed by atoms with Gasteiger partial charge in [-0.1, -0.05) is 0 Å². The minimum Gasteiger partial charge on any atom is -0.389 e. The molecule has 0 amide bonds. The standard InChI is InChI=1S/C12H26N2O4/c1-17-9-11(15)7-13-3-5-14(6-4-13)8-12(16)10-18-2/h11-12,15-16H,3-10H2,1-2H3. The predicted octanol–water partition coefficient (Wildman–Crippen LogP) is -1.38. The molecule has 0 radical (unpaired) electrons. The van der Waals surface area contributed by atoms with Crippen LogP contribution in [0.15, 0.2) is 0 Å². The Morgan fingerprint density at radius 3 is 1.44 bits per heavy atom. The number of aliphatic hydroxyl groups is 2. The highest BCUT2D eigenvalue weighted by atomic mass is 16.5. The maximum absolute atomic E-state index is 9.65. The molecule has 108 valence electrons. The zero-order valence-electron chi connectivity index (χ0n) is 11.4. The van der Waals surface area contributed by atoms with Crippen LogP contribution in [0.5, 0.6) is 0 Å². The number of aliphatic hydroxyl groups excluding tert-OH is 2. The van der Waals surface area contributed by atoms with Gasteiger partial charge in [0, 0.05) is 53.5 Å². The Morgan fingerprint density at radius 1 is 0.833 bits per heavy atom. The molecule has 0 spiro atoms. The van der Waals surface area contributed by atoms with Crippen molar-refractivity contribution in [3.63, 3.8) is 0 Å². The highest BCUT2D eigenvalue weighted by Gasteiger charge is 2.20. The molecule has 6 nitrogen and oxygen atoms in total. The van der Waals surface area contributed by atoms with Crippen molar-refractivity contribution in [2.24, 2.45) is 0 Å². The van der Waals surface area contributed by atoms with Crippen LogP contribution in [0.3, 0.4) is 0 Å². The Bertz CT molecular complexity index is 188. The van der Waals surface area contributed by atoms with Gasteiger partial charge in [0.1, 0.15) is 0 Å². The molecule has 18 heavy (non-hydrogen) atoms. The van der Waals surface area contributed by atoms with Crippen molar-refractivity contribution in [3.05, 3.63) is 0 Å². The van der Waals surface area contributed by atoms with Gasteiger partial charge in [-0.2, -0.15) is 0 Å². The van der Waals surface area contributed by atoms with E-state index >= 15 is 0 Å². The minimum absolute atomic E-state index is 0.382. The van der Waals surface area contributed by atoms with E-state index in [1.54, 1.807) is 14.2 Å². The van der Waals surface area contributed by atoms with Crippen molar-refractivity contribution in [2.75, 3.05) is 66.7 Å².